The third-order valence-electron chi connectivity index (χ3n) is 6.78. The van der Waals surface area contributed by atoms with Gasteiger partial charge in [-0.3, -0.25) is 4.79 Å². The van der Waals surface area contributed by atoms with E-state index in [1.165, 1.54) is 0 Å². The van der Waals surface area contributed by atoms with Crippen LogP contribution in [0.5, 0.6) is 5.75 Å². The van der Waals surface area contributed by atoms with E-state index < -0.39 is 23.1 Å². The number of aromatic nitrogens is 4. The minimum absolute atomic E-state index is 0.0495. The number of hydrogen-bond donors (Lipinski definition) is 1. The van der Waals surface area contributed by atoms with Gasteiger partial charge in [-0.2, -0.15) is 4.98 Å². The number of nitrogens with one attached hydrogen (secondary N) is 1. The molecular formula is C27H28F2N6O3. The van der Waals surface area contributed by atoms with Crippen LogP contribution in [-0.4, -0.2) is 52.3 Å². The number of nitrogens with zero attached hydrogens (tertiary/aromatic N) is 5. The zero-order valence-corrected chi connectivity index (χ0v) is 20.8. The van der Waals surface area contributed by atoms with Gasteiger partial charge in [0.1, 0.15) is 22.9 Å². The fourth-order valence-corrected chi connectivity index (χ4v) is 4.50. The molecule has 2 fully saturated rings. The van der Waals surface area contributed by atoms with Crippen molar-refractivity contribution in [1.82, 2.24) is 25.4 Å². The second-order valence-electron chi connectivity index (χ2n) is 9.57. The topological polar surface area (TPSA) is 106 Å². The minimum Gasteiger partial charge on any atom is -0.493 e. The molecule has 11 heteroatoms. The average molecular weight is 523 g/mol. The third kappa shape index (κ3) is 6.07. The van der Waals surface area contributed by atoms with E-state index in [0.717, 1.165) is 69.3 Å². The van der Waals surface area contributed by atoms with Crippen LogP contribution in [0.15, 0.2) is 29.0 Å². The van der Waals surface area contributed by atoms with Crippen LogP contribution < -0.4 is 15.0 Å². The molecule has 1 aliphatic carbocycles. The molecule has 2 aliphatic rings. The van der Waals surface area contributed by atoms with E-state index in [1.54, 1.807) is 12.4 Å². The number of hydrogen-bond acceptors (Lipinski definition) is 8. The van der Waals surface area contributed by atoms with Gasteiger partial charge in [0.25, 0.3) is 5.91 Å². The van der Waals surface area contributed by atoms with Gasteiger partial charge in [-0.25, -0.2) is 18.7 Å². The van der Waals surface area contributed by atoms with E-state index in [1.807, 2.05) is 0 Å². The molecule has 3 aromatic rings. The Kier molecular flexibility index (Phi) is 7.77. The van der Waals surface area contributed by atoms with Gasteiger partial charge in [0.15, 0.2) is 0 Å². The van der Waals surface area contributed by atoms with Crippen LogP contribution in [0.2, 0.25) is 0 Å². The first-order valence-corrected chi connectivity index (χ1v) is 12.8. The van der Waals surface area contributed by atoms with Gasteiger partial charge >= 0.3 is 0 Å². The van der Waals surface area contributed by atoms with Crippen LogP contribution in [0.25, 0.3) is 11.4 Å². The Morgan fingerprint density at radius 3 is 2.53 bits per heavy atom. The molecule has 1 saturated carbocycles. The van der Waals surface area contributed by atoms with Gasteiger partial charge in [0.05, 0.1) is 18.7 Å². The number of piperidine rings is 1. The number of anilines is 1. The minimum atomic E-state index is -0.988. The second kappa shape index (κ2) is 11.5. The van der Waals surface area contributed by atoms with Crippen molar-refractivity contribution in [3.8, 4) is 29.5 Å². The lowest BCUT2D eigenvalue weighted by Gasteiger charge is -2.32. The Labute approximate surface area is 219 Å². The van der Waals surface area contributed by atoms with Crippen LogP contribution in [0.3, 0.4) is 0 Å². The monoisotopic (exact) mass is 522 g/mol. The van der Waals surface area contributed by atoms with Gasteiger partial charge in [-0.1, -0.05) is 11.1 Å². The Morgan fingerprint density at radius 2 is 1.87 bits per heavy atom. The number of rotatable bonds is 10. The van der Waals surface area contributed by atoms with Crippen LogP contribution in [-0.2, 0) is 0 Å². The van der Waals surface area contributed by atoms with Crippen molar-refractivity contribution in [2.24, 2.45) is 5.92 Å². The first kappa shape index (κ1) is 25.6. The molecule has 5 rings (SSSR count). The zero-order chi connectivity index (χ0) is 26.5. The van der Waals surface area contributed by atoms with E-state index in [-0.39, 0.29) is 12.3 Å². The highest BCUT2D eigenvalue weighted by Gasteiger charge is 2.30. The molecule has 0 radical (unpaired) electrons. The molecule has 2 aromatic heterocycles. The van der Waals surface area contributed by atoms with Crippen molar-refractivity contribution in [3.05, 3.63) is 47.6 Å². The van der Waals surface area contributed by atoms with Crippen molar-refractivity contribution in [3.63, 3.8) is 0 Å². The van der Waals surface area contributed by atoms with E-state index in [4.69, 9.17) is 15.7 Å². The van der Waals surface area contributed by atoms with Gasteiger partial charge in [0.2, 0.25) is 17.7 Å². The summed E-state index contributed by atoms with van der Waals surface area (Å²) in [5.41, 5.74) is 0.0661. The quantitative estimate of drug-likeness (QED) is 0.313. The Balaban J connectivity index is 1.04. The molecule has 1 saturated heterocycles. The maximum absolute atomic E-state index is 14.2. The van der Waals surface area contributed by atoms with E-state index >= 15 is 0 Å². The summed E-state index contributed by atoms with van der Waals surface area (Å²) in [5, 5.41) is 6.29. The number of amides is 1. The molecule has 9 nitrogen and oxygen atoms in total. The smallest absolute Gasteiger partial charge is 0.258 e. The van der Waals surface area contributed by atoms with Crippen molar-refractivity contribution in [2.45, 2.75) is 44.4 Å². The maximum Gasteiger partial charge on any atom is 0.258 e. The number of benzene rings is 1. The summed E-state index contributed by atoms with van der Waals surface area (Å²) < 4.78 is 39.3. The van der Waals surface area contributed by atoms with Gasteiger partial charge in [0, 0.05) is 43.5 Å². The molecule has 0 spiro atoms. The summed E-state index contributed by atoms with van der Waals surface area (Å²) in [6.07, 6.45) is 14.4. The number of halogens is 2. The van der Waals surface area contributed by atoms with Crippen molar-refractivity contribution >= 4 is 11.9 Å². The van der Waals surface area contributed by atoms with Crippen molar-refractivity contribution in [2.75, 3.05) is 31.1 Å². The Bertz CT molecular complexity index is 1290. The van der Waals surface area contributed by atoms with E-state index in [9.17, 15) is 13.6 Å². The maximum atomic E-state index is 14.2. The van der Waals surface area contributed by atoms with E-state index in [2.05, 4.69) is 36.2 Å². The average Bonchev–Trinajstić information content (AvgIpc) is 3.66. The number of carbonyl (C=O) groups excluding carboxylic acids is 1. The second-order valence-corrected chi connectivity index (χ2v) is 9.57. The molecule has 0 atom stereocenters. The first-order valence-electron chi connectivity index (χ1n) is 12.8. The van der Waals surface area contributed by atoms with Crippen molar-refractivity contribution < 1.29 is 22.8 Å². The third-order valence-corrected chi connectivity index (χ3v) is 6.78. The lowest BCUT2D eigenvalue weighted by molar-refractivity contribution is 0.0950. The fraction of sp³-hybridized carbons (Fsp3) is 0.444. The van der Waals surface area contributed by atoms with Crippen LogP contribution >= 0.6 is 0 Å². The fourth-order valence-electron chi connectivity index (χ4n) is 4.50. The molecule has 0 unspecified atom stereocenters. The summed E-state index contributed by atoms with van der Waals surface area (Å²) in [6.45, 7) is 1.90. The highest BCUT2D eigenvalue weighted by Crippen LogP contribution is 2.39. The summed E-state index contributed by atoms with van der Waals surface area (Å²) in [6, 6.07) is 2.03. The summed E-state index contributed by atoms with van der Waals surface area (Å²) in [4.78, 5) is 27.5. The SMILES string of the molecule is C#CCNC(=O)c1c(F)cc(OCCCC2CCN(c3ncc(-c4noc(C5CC5)n4)cn3)CC2)cc1F. The first-order chi connectivity index (χ1) is 18.5. The highest BCUT2D eigenvalue weighted by molar-refractivity contribution is 5.95. The molecule has 0 bridgehead atoms. The van der Waals surface area contributed by atoms with Crippen LogP contribution in [0.4, 0.5) is 14.7 Å². The Morgan fingerprint density at radius 1 is 1.16 bits per heavy atom. The lowest BCUT2D eigenvalue weighted by Crippen LogP contribution is -2.34. The zero-order valence-electron chi connectivity index (χ0n) is 20.8. The van der Waals surface area contributed by atoms with E-state index in [0.29, 0.717) is 36.1 Å². The standard InChI is InChI=1S/C27H28F2N6O3/c1-2-9-30-25(36)23-21(28)13-20(14-22(23)29)37-12-3-4-17-7-10-35(11-8-17)27-31-15-19(16-32-27)24-33-26(38-34-24)18-5-6-18/h1,13-18H,3-12H2,(H,30,36). The molecule has 198 valence electrons. The molecule has 38 heavy (non-hydrogen) atoms. The number of terminal acetylenes is 1. The van der Waals surface area contributed by atoms with Gasteiger partial charge in [-0.15, -0.1) is 6.42 Å². The predicted octanol–water partition coefficient (Wildman–Crippen LogP) is 4.12. The predicted molar refractivity (Wildman–Crippen MR) is 134 cm³/mol. The van der Waals surface area contributed by atoms with Crippen molar-refractivity contribution in [1.29, 1.82) is 0 Å². The van der Waals surface area contributed by atoms with Crippen LogP contribution in [0, 0.1) is 29.9 Å². The largest absolute Gasteiger partial charge is 0.493 e. The highest BCUT2D eigenvalue weighted by atomic mass is 19.1. The summed E-state index contributed by atoms with van der Waals surface area (Å²) in [7, 11) is 0. The summed E-state index contributed by atoms with van der Waals surface area (Å²) >= 11 is 0. The molecular weight excluding hydrogens is 494 g/mol. The number of ether oxygens (including phenoxy) is 1. The normalized spacial score (nSPS) is 15.8. The lowest BCUT2D eigenvalue weighted by atomic mass is 9.92. The molecule has 1 N–H and O–H groups in total. The Hall–Kier alpha value is -4.07. The molecule has 1 aliphatic heterocycles. The van der Waals surface area contributed by atoms with Crippen LogP contribution in [0.1, 0.15) is 60.7 Å². The summed E-state index contributed by atoms with van der Waals surface area (Å²) in [5.74, 6) is 2.18. The molecule has 3 heterocycles. The number of carbonyl (C=O) groups is 1. The van der Waals surface area contributed by atoms with Gasteiger partial charge in [-0.05, 0) is 44.4 Å². The molecule has 1 amide bonds. The molecule has 1 aromatic carbocycles. The van der Waals surface area contributed by atoms with Gasteiger partial charge < -0.3 is 19.5 Å².